The molecule has 0 aliphatic rings. The molecule has 0 saturated heterocycles. The molecule has 0 aliphatic heterocycles. The smallest absolute Gasteiger partial charge is 0.383 e. The monoisotopic (exact) mass is 454 g/mol. The highest BCUT2D eigenvalue weighted by atomic mass is 16.5. The Morgan fingerprint density at radius 1 is 1.03 bits per heavy atom. The van der Waals surface area contributed by atoms with Crippen molar-refractivity contribution in [2.24, 2.45) is 0 Å². The molecular weight excluding hydrogens is 416 g/mol. The van der Waals surface area contributed by atoms with Gasteiger partial charge in [0, 0.05) is 0 Å². The Morgan fingerprint density at radius 3 is 2.52 bits per heavy atom. The van der Waals surface area contributed by atoms with Crippen molar-refractivity contribution in [3.8, 4) is 17.2 Å². The van der Waals surface area contributed by atoms with Crippen molar-refractivity contribution in [2.45, 2.75) is 73.3 Å². The quantitative estimate of drug-likeness (QED) is 0.179. The van der Waals surface area contributed by atoms with Crippen LogP contribution in [0.4, 0.5) is 0 Å². The van der Waals surface area contributed by atoms with Gasteiger partial charge in [0.05, 0.1) is 12.7 Å². The fraction of sp³-hybridized carbons (Fsp3) is 0.464. The van der Waals surface area contributed by atoms with Gasteiger partial charge in [-0.15, -0.1) is 0 Å². The Bertz CT molecular complexity index is 1040. The molecule has 5 nitrogen and oxygen atoms in total. The predicted octanol–water partition coefficient (Wildman–Crippen LogP) is 7.39. The van der Waals surface area contributed by atoms with Crippen LogP contribution < -0.4 is 19.8 Å². The highest BCUT2D eigenvalue weighted by Crippen LogP contribution is 2.39. The largest absolute Gasteiger partial charge is 0.490 e. The molecule has 0 bridgehead atoms. The van der Waals surface area contributed by atoms with Crippen molar-refractivity contribution in [1.29, 1.82) is 0 Å². The Balaban J connectivity index is 2.36. The molecule has 0 atom stereocenters. The van der Waals surface area contributed by atoms with Gasteiger partial charge in [-0.25, -0.2) is 4.79 Å². The normalized spacial score (nSPS) is 11.9. The maximum absolute atomic E-state index is 12.8. The first-order chi connectivity index (χ1) is 15.8. The predicted molar refractivity (Wildman–Crippen MR) is 136 cm³/mol. The van der Waals surface area contributed by atoms with Crippen LogP contribution in [0.2, 0.25) is 0 Å². The van der Waals surface area contributed by atoms with E-state index in [1.807, 2.05) is 26.0 Å². The van der Waals surface area contributed by atoms with E-state index in [-0.39, 0.29) is 18.5 Å². The molecule has 180 valence electrons. The second kappa shape index (κ2) is 13.6. The number of allylic oxidation sites excluding steroid dienone is 4. The van der Waals surface area contributed by atoms with Gasteiger partial charge in [0.15, 0.2) is 5.75 Å². The minimum absolute atomic E-state index is 0.0429. The van der Waals surface area contributed by atoms with E-state index in [0.717, 1.165) is 25.7 Å². The van der Waals surface area contributed by atoms with Crippen molar-refractivity contribution in [2.75, 3.05) is 13.2 Å². The zero-order valence-corrected chi connectivity index (χ0v) is 20.9. The molecule has 0 N–H and O–H groups in total. The fourth-order valence-corrected chi connectivity index (χ4v) is 3.26. The second-order valence-corrected chi connectivity index (χ2v) is 8.54. The van der Waals surface area contributed by atoms with Gasteiger partial charge in [0.2, 0.25) is 5.75 Å². The van der Waals surface area contributed by atoms with Gasteiger partial charge in [0.25, 0.3) is 0 Å². The molecule has 0 saturated carbocycles. The van der Waals surface area contributed by atoms with Crippen LogP contribution in [0.3, 0.4) is 0 Å². The molecule has 0 unspecified atom stereocenters. The summed E-state index contributed by atoms with van der Waals surface area (Å²) in [7, 11) is 0. The Hall–Kier alpha value is -2.95. The van der Waals surface area contributed by atoms with Crippen LogP contribution in [-0.2, 0) is 0 Å². The third-order valence-electron chi connectivity index (χ3n) is 4.86. The van der Waals surface area contributed by atoms with Gasteiger partial charge >= 0.3 is 5.63 Å². The highest BCUT2D eigenvalue weighted by molar-refractivity contribution is 5.91. The summed E-state index contributed by atoms with van der Waals surface area (Å²) in [5, 5.41) is 0.615. The molecule has 0 aliphatic carbocycles. The van der Waals surface area contributed by atoms with Crippen LogP contribution in [0.25, 0.3) is 11.0 Å². The van der Waals surface area contributed by atoms with Crippen molar-refractivity contribution in [1.82, 2.24) is 0 Å². The summed E-state index contributed by atoms with van der Waals surface area (Å²) in [5.74, 6) is 1.05. The lowest BCUT2D eigenvalue weighted by Gasteiger charge is -2.17. The number of hydrogen-bond acceptors (Lipinski definition) is 5. The number of benzene rings is 1. The SMILES string of the molecule is CCC=CCCOc1c(OC/C=C(\C)CCC=C(C)C)c(=O)oc2cccc(OC(C)C)c12. The lowest BCUT2D eigenvalue weighted by atomic mass is 10.1. The van der Waals surface area contributed by atoms with Gasteiger partial charge in [-0.2, -0.15) is 0 Å². The average molecular weight is 455 g/mol. The molecule has 0 fully saturated rings. The average Bonchev–Trinajstić information content (AvgIpc) is 2.74. The van der Waals surface area contributed by atoms with Crippen molar-refractivity contribution >= 4 is 11.0 Å². The molecular formula is C28H38O5. The summed E-state index contributed by atoms with van der Waals surface area (Å²) < 4.78 is 23.6. The van der Waals surface area contributed by atoms with Crippen LogP contribution in [0, 0.1) is 0 Å². The third-order valence-corrected chi connectivity index (χ3v) is 4.86. The molecule has 0 radical (unpaired) electrons. The molecule has 0 spiro atoms. The van der Waals surface area contributed by atoms with Gasteiger partial charge in [-0.05, 0) is 78.5 Å². The fourth-order valence-electron chi connectivity index (χ4n) is 3.26. The van der Waals surface area contributed by atoms with Crippen LogP contribution in [-0.4, -0.2) is 19.3 Å². The van der Waals surface area contributed by atoms with E-state index in [1.165, 1.54) is 11.1 Å². The Kier molecular flexibility index (Phi) is 10.8. The van der Waals surface area contributed by atoms with E-state index < -0.39 is 5.63 Å². The van der Waals surface area contributed by atoms with Crippen LogP contribution >= 0.6 is 0 Å². The van der Waals surface area contributed by atoms with E-state index in [4.69, 9.17) is 18.6 Å². The molecule has 1 heterocycles. The van der Waals surface area contributed by atoms with Gasteiger partial charge in [-0.1, -0.05) is 42.4 Å². The second-order valence-electron chi connectivity index (χ2n) is 8.54. The maximum Gasteiger partial charge on any atom is 0.383 e. The molecule has 0 amide bonds. The zero-order chi connectivity index (χ0) is 24.2. The van der Waals surface area contributed by atoms with Crippen LogP contribution in [0.1, 0.15) is 67.2 Å². The van der Waals surface area contributed by atoms with Gasteiger partial charge in [0.1, 0.15) is 23.3 Å². The van der Waals surface area contributed by atoms with Crippen LogP contribution in [0.5, 0.6) is 17.2 Å². The summed E-state index contributed by atoms with van der Waals surface area (Å²) >= 11 is 0. The molecule has 1 aromatic heterocycles. The standard InChI is InChI=1S/C28H38O5/c1-7-8-9-10-18-30-26-25-23(32-21(4)5)15-12-16-24(25)33-28(29)27(26)31-19-17-22(6)14-11-13-20(2)3/h8-9,12-13,15-17,21H,7,10-11,14,18-19H2,1-6H3/b9-8?,22-17+. The van der Waals surface area contributed by atoms with E-state index in [1.54, 1.807) is 12.1 Å². The van der Waals surface area contributed by atoms with Crippen LogP contribution in [0.15, 0.2) is 62.9 Å². The first kappa shape index (κ1) is 26.3. The Morgan fingerprint density at radius 2 is 1.82 bits per heavy atom. The molecule has 2 aromatic rings. The highest BCUT2D eigenvalue weighted by Gasteiger charge is 2.21. The molecule has 33 heavy (non-hydrogen) atoms. The number of hydrogen-bond donors (Lipinski definition) is 0. The minimum atomic E-state index is -0.557. The van der Waals surface area contributed by atoms with Crippen molar-refractivity contribution in [3.63, 3.8) is 0 Å². The van der Waals surface area contributed by atoms with Gasteiger partial charge in [-0.3, -0.25) is 0 Å². The topological polar surface area (TPSA) is 57.9 Å². The minimum Gasteiger partial charge on any atom is -0.490 e. The summed E-state index contributed by atoms with van der Waals surface area (Å²) in [6.45, 7) is 12.9. The first-order valence-corrected chi connectivity index (χ1v) is 11.8. The van der Waals surface area contributed by atoms with Crippen molar-refractivity contribution in [3.05, 3.63) is 64.1 Å². The van der Waals surface area contributed by atoms with E-state index in [0.29, 0.717) is 29.1 Å². The summed E-state index contributed by atoms with van der Waals surface area (Å²) in [6, 6.07) is 5.39. The molecule has 1 aromatic carbocycles. The summed E-state index contributed by atoms with van der Waals surface area (Å²) in [4.78, 5) is 12.8. The molecule has 2 rings (SSSR count). The van der Waals surface area contributed by atoms with E-state index in [9.17, 15) is 4.79 Å². The summed E-state index contributed by atoms with van der Waals surface area (Å²) in [6.07, 6.45) is 11.9. The number of ether oxygens (including phenoxy) is 3. The lowest BCUT2D eigenvalue weighted by Crippen LogP contribution is -2.12. The van der Waals surface area contributed by atoms with Gasteiger partial charge < -0.3 is 18.6 Å². The number of fused-ring (bicyclic) bond motifs is 1. The Labute approximate surface area is 197 Å². The molecule has 5 heteroatoms. The third kappa shape index (κ3) is 8.49. The van der Waals surface area contributed by atoms with E-state index >= 15 is 0 Å². The number of rotatable bonds is 13. The first-order valence-electron chi connectivity index (χ1n) is 11.8. The maximum atomic E-state index is 12.8. The summed E-state index contributed by atoms with van der Waals surface area (Å²) in [5.41, 5.74) is 2.37. The lowest BCUT2D eigenvalue weighted by molar-refractivity contribution is 0.242. The zero-order valence-electron chi connectivity index (χ0n) is 20.9. The van der Waals surface area contributed by atoms with E-state index in [2.05, 4.69) is 45.9 Å². The van der Waals surface area contributed by atoms with Crippen molar-refractivity contribution < 1.29 is 18.6 Å².